The highest BCUT2D eigenvalue weighted by atomic mass is 16.5. The molecule has 0 bridgehead atoms. The van der Waals surface area contributed by atoms with Gasteiger partial charge in [0.2, 0.25) is 11.8 Å². The van der Waals surface area contributed by atoms with Crippen LogP contribution in [0.3, 0.4) is 0 Å². The number of carbonyl (C=O) groups excluding carboxylic acids is 2. The molecule has 1 aliphatic heterocycles. The largest absolute Gasteiger partial charge is 0.377 e. The highest BCUT2D eigenvalue weighted by Crippen LogP contribution is 2.27. The van der Waals surface area contributed by atoms with E-state index >= 15 is 0 Å². The van der Waals surface area contributed by atoms with Crippen LogP contribution in [0.1, 0.15) is 38.5 Å². The summed E-state index contributed by atoms with van der Waals surface area (Å²) in [5, 5.41) is 0. The average molecular weight is 283 g/mol. The number of nitrogens with zero attached hydrogens (tertiary/aromatic N) is 1. The summed E-state index contributed by atoms with van der Waals surface area (Å²) >= 11 is 0. The van der Waals surface area contributed by atoms with Gasteiger partial charge in [0.15, 0.2) is 0 Å². The Morgan fingerprint density at radius 3 is 2.55 bits per heavy atom. The first-order valence-electron chi connectivity index (χ1n) is 7.50. The highest BCUT2D eigenvalue weighted by molar-refractivity contribution is 5.86. The Kier molecular flexibility index (Phi) is 5.37. The normalized spacial score (nSPS) is 31.1. The minimum absolute atomic E-state index is 0.0203. The molecule has 0 aromatic heterocycles. The van der Waals surface area contributed by atoms with E-state index in [4.69, 9.17) is 16.2 Å². The molecule has 0 radical (unpaired) electrons. The fourth-order valence-electron chi connectivity index (χ4n) is 3.09. The molecule has 6 heteroatoms. The predicted octanol–water partition coefficient (Wildman–Crippen LogP) is -0.00320. The predicted molar refractivity (Wildman–Crippen MR) is 74.7 cm³/mol. The number of nitrogens with two attached hydrogens (primary N) is 2. The van der Waals surface area contributed by atoms with Crippen molar-refractivity contribution in [3.63, 3.8) is 0 Å². The number of morpholine rings is 1. The maximum atomic E-state index is 12.3. The molecule has 1 heterocycles. The van der Waals surface area contributed by atoms with Gasteiger partial charge < -0.3 is 21.1 Å². The average Bonchev–Trinajstić information content (AvgIpc) is 2.46. The lowest BCUT2D eigenvalue weighted by molar-refractivity contribution is -0.147. The summed E-state index contributed by atoms with van der Waals surface area (Å²) in [6, 6.07) is -0.267. The minimum Gasteiger partial charge on any atom is -0.377 e. The lowest BCUT2D eigenvalue weighted by Gasteiger charge is -2.34. The fourth-order valence-corrected chi connectivity index (χ4v) is 3.09. The molecule has 1 saturated heterocycles. The first kappa shape index (κ1) is 15.3. The molecule has 0 spiro atoms. The van der Waals surface area contributed by atoms with Crippen molar-refractivity contribution in [3.8, 4) is 0 Å². The Bertz CT molecular complexity index is 354. The van der Waals surface area contributed by atoms with E-state index in [-0.39, 0.29) is 12.5 Å². The number of carbonyl (C=O) groups is 2. The van der Waals surface area contributed by atoms with Crippen molar-refractivity contribution >= 4 is 11.8 Å². The Hall–Kier alpha value is -1.14. The molecule has 2 fully saturated rings. The van der Waals surface area contributed by atoms with Gasteiger partial charge in [-0.15, -0.1) is 0 Å². The van der Waals surface area contributed by atoms with Crippen LogP contribution < -0.4 is 11.5 Å². The van der Waals surface area contributed by atoms with E-state index in [0.29, 0.717) is 31.5 Å². The van der Waals surface area contributed by atoms with Crippen LogP contribution in [-0.2, 0) is 14.3 Å². The molecular weight excluding hydrogens is 258 g/mol. The summed E-state index contributed by atoms with van der Waals surface area (Å²) in [6.07, 6.45) is 5.70. The summed E-state index contributed by atoms with van der Waals surface area (Å²) in [6.45, 7) is 1.16. The SMILES string of the molecule is NC(=O)C1COCCN1C(=O)CCC1CCC(N)CC1. The Balaban J connectivity index is 1.79. The quantitative estimate of drug-likeness (QED) is 0.758. The molecule has 114 valence electrons. The third-order valence-corrected chi connectivity index (χ3v) is 4.44. The van der Waals surface area contributed by atoms with Crippen LogP contribution in [0, 0.1) is 5.92 Å². The van der Waals surface area contributed by atoms with E-state index in [0.717, 1.165) is 32.1 Å². The molecule has 0 aromatic carbocycles. The Labute approximate surface area is 119 Å². The van der Waals surface area contributed by atoms with Crippen LogP contribution in [0.5, 0.6) is 0 Å². The van der Waals surface area contributed by atoms with E-state index in [1.54, 1.807) is 4.90 Å². The van der Waals surface area contributed by atoms with Gasteiger partial charge in [0.05, 0.1) is 13.2 Å². The summed E-state index contributed by atoms with van der Waals surface area (Å²) in [5.41, 5.74) is 11.2. The first-order valence-corrected chi connectivity index (χ1v) is 7.50. The number of amides is 2. The molecule has 1 atom stereocenters. The monoisotopic (exact) mass is 283 g/mol. The molecule has 0 aromatic rings. The van der Waals surface area contributed by atoms with E-state index in [1.165, 1.54) is 0 Å². The van der Waals surface area contributed by atoms with Crippen molar-refractivity contribution in [1.29, 1.82) is 0 Å². The number of hydrogen-bond donors (Lipinski definition) is 2. The van der Waals surface area contributed by atoms with Gasteiger partial charge in [0.25, 0.3) is 0 Å². The fraction of sp³-hybridized carbons (Fsp3) is 0.857. The molecule has 1 unspecified atom stereocenters. The van der Waals surface area contributed by atoms with Crippen molar-refractivity contribution in [3.05, 3.63) is 0 Å². The van der Waals surface area contributed by atoms with E-state index in [2.05, 4.69) is 0 Å². The van der Waals surface area contributed by atoms with E-state index in [9.17, 15) is 9.59 Å². The summed E-state index contributed by atoms with van der Waals surface area (Å²) in [5.74, 6) is 0.125. The number of primary amides is 1. The van der Waals surface area contributed by atoms with Crippen molar-refractivity contribution < 1.29 is 14.3 Å². The van der Waals surface area contributed by atoms with Crippen LogP contribution in [0.2, 0.25) is 0 Å². The third kappa shape index (κ3) is 3.93. The molecule has 20 heavy (non-hydrogen) atoms. The second-order valence-corrected chi connectivity index (χ2v) is 5.90. The number of ether oxygens (including phenoxy) is 1. The topological polar surface area (TPSA) is 98.7 Å². The smallest absolute Gasteiger partial charge is 0.242 e. The van der Waals surface area contributed by atoms with Crippen LogP contribution in [-0.4, -0.2) is 48.6 Å². The first-order chi connectivity index (χ1) is 9.58. The van der Waals surface area contributed by atoms with Crippen LogP contribution in [0.25, 0.3) is 0 Å². The number of hydrogen-bond acceptors (Lipinski definition) is 4. The van der Waals surface area contributed by atoms with Gasteiger partial charge in [-0.2, -0.15) is 0 Å². The maximum Gasteiger partial charge on any atom is 0.242 e. The molecule has 2 aliphatic rings. The lowest BCUT2D eigenvalue weighted by atomic mass is 9.83. The second kappa shape index (κ2) is 7.04. The molecule has 6 nitrogen and oxygen atoms in total. The molecule has 4 N–H and O–H groups in total. The van der Waals surface area contributed by atoms with E-state index < -0.39 is 11.9 Å². The maximum absolute atomic E-state index is 12.3. The molecular formula is C14H25N3O3. The highest BCUT2D eigenvalue weighted by Gasteiger charge is 2.31. The zero-order chi connectivity index (χ0) is 14.5. The van der Waals surface area contributed by atoms with Gasteiger partial charge in [-0.3, -0.25) is 9.59 Å². The summed E-state index contributed by atoms with van der Waals surface area (Å²) in [7, 11) is 0. The van der Waals surface area contributed by atoms with Crippen molar-refractivity contribution in [1.82, 2.24) is 4.90 Å². The Morgan fingerprint density at radius 2 is 1.90 bits per heavy atom. The van der Waals surface area contributed by atoms with Crippen LogP contribution in [0.15, 0.2) is 0 Å². The van der Waals surface area contributed by atoms with Gasteiger partial charge in [0, 0.05) is 19.0 Å². The zero-order valence-electron chi connectivity index (χ0n) is 11.9. The van der Waals surface area contributed by atoms with Crippen LogP contribution in [0.4, 0.5) is 0 Å². The molecule has 2 rings (SSSR count). The van der Waals surface area contributed by atoms with Crippen molar-refractivity contribution in [2.45, 2.75) is 50.6 Å². The van der Waals surface area contributed by atoms with Gasteiger partial charge in [0.1, 0.15) is 6.04 Å². The van der Waals surface area contributed by atoms with E-state index in [1.807, 2.05) is 0 Å². The minimum atomic E-state index is -0.601. The van der Waals surface area contributed by atoms with Crippen molar-refractivity contribution in [2.75, 3.05) is 19.8 Å². The molecule has 1 saturated carbocycles. The molecule has 2 amide bonds. The number of rotatable bonds is 4. The van der Waals surface area contributed by atoms with Gasteiger partial charge >= 0.3 is 0 Å². The van der Waals surface area contributed by atoms with Gasteiger partial charge in [-0.05, 0) is 38.0 Å². The molecule has 1 aliphatic carbocycles. The standard InChI is InChI=1S/C14H25N3O3/c15-11-4-1-10(2-5-11)3-6-13(18)17-7-8-20-9-12(17)14(16)19/h10-12H,1-9,15H2,(H2,16,19). The lowest BCUT2D eigenvalue weighted by Crippen LogP contribution is -2.54. The third-order valence-electron chi connectivity index (χ3n) is 4.44. The van der Waals surface area contributed by atoms with Crippen LogP contribution >= 0.6 is 0 Å². The van der Waals surface area contributed by atoms with Gasteiger partial charge in [-0.1, -0.05) is 0 Å². The summed E-state index contributed by atoms with van der Waals surface area (Å²) < 4.78 is 5.22. The Morgan fingerprint density at radius 1 is 1.20 bits per heavy atom. The van der Waals surface area contributed by atoms with Crippen molar-refractivity contribution in [2.24, 2.45) is 17.4 Å². The second-order valence-electron chi connectivity index (χ2n) is 5.90. The summed E-state index contributed by atoms with van der Waals surface area (Å²) in [4.78, 5) is 25.2. The zero-order valence-corrected chi connectivity index (χ0v) is 11.9. The van der Waals surface area contributed by atoms with Gasteiger partial charge in [-0.25, -0.2) is 0 Å².